The second-order valence-corrected chi connectivity index (χ2v) is 8.04. The van der Waals surface area contributed by atoms with Crippen molar-refractivity contribution in [3.05, 3.63) is 0 Å². The minimum Gasteiger partial charge on any atom is -0.396 e. The molecule has 0 spiro atoms. The molecule has 3 aliphatic rings. The van der Waals surface area contributed by atoms with Gasteiger partial charge in [0.15, 0.2) is 0 Å². The largest absolute Gasteiger partial charge is 0.396 e. The quantitative estimate of drug-likeness (QED) is 0.755. The average molecular weight is 278 g/mol. The third-order valence-corrected chi connectivity index (χ3v) is 6.95. The summed E-state index contributed by atoms with van der Waals surface area (Å²) in [5, 5.41) is 9.27. The first-order valence-electron chi connectivity index (χ1n) is 9.47. The van der Waals surface area contributed by atoms with E-state index in [4.69, 9.17) is 0 Å². The zero-order chi connectivity index (χ0) is 13.8. The van der Waals surface area contributed by atoms with Crippen molar-refractivity contribution in [2.75, 3.05) is 6.61 Å². The molecule has 0 unspecified atom stereocenters. The molecule has 20 heavy (non-hydrogen) atoms. The third kappa shape index (κ3) is 3.59. The van der Waals surface area contributed by atoms with E-state index < -0.39 is 0 Å². The summed E-state index contributed by atoms with van der Waals surface area (Å²) in [7, 11) is 0. The van der Waals surface area contributed by atoms with Crippen molar-refractivity contribution < 1.29 is 5.11 Å². The fourth-order valence-electron chi connectivity index (χ4n) is 5.54. The van der Waals surface area contributed by atoms with Gasteiger partial charge in [0, 0.05) is 6.61 Å². The highest BCUT2D eigenvalue weighted by atomic mass is 16.3. The molecule has 0 aliphatic heterocycles. The highest BCUT2D eigenvalue weighted by Gasteiger charge is 2.33. The second-order valence-electron chi connectivity index (χ2n) is 8.04. The molecule has 0 aromatic carbocycles. The monoisotopic (exact) mass is 278 g/mol. The van der Waals surface area contributed by atoms with Crippen LogP contribution >= 0.6 is 0 Å². The van der Waals surface area contributed by atoms with E-state index in [9.17, 15) is 5.11 Å². The molecule has 0 atom stereocenters. The van der Waals surface area contributed by atoms with Gasteiger partial charge in [-0.15, -0.1) is 0 Å². The van der Waals surface area contributed by atoms with Crippen LogP contribution in [0.2, 0.25) is 0 Å². The Hall–Kier alpha value is -0.0400. The van der Waals surface area contributed by atoms with E-state index in [1.165, 1.54) is 83.5 Å². The van der Waals surface area contributed by atoms with E-state index in [0.29, 0.717) is 12.5 Å². The van der Waals surface area contributed by atoms with Gasteiger partial charge in [-0.25, -0.2) is 0 Å². The standard InChI is InChI=1S/C19H34O/c20-14-15-6-8-17(9-7-15)19-12-10-18(11-13-19)16-4-2-1-3-5-16/h15-20H,1-14H2. The molecule has 116 valence electrons. The molecule has 3 fully saturated rings. The molecule has 3 aliphatic carbocycles. The van der Waals surface area contributed by atoms with Crippen LogP contribution in [0.3, 0.4) is 0 Å². The Morgan fingerprint density at radius 1 is 0.500 bits per heavy atom. The predicted octanol–water partition coefficient (Wildman–Crippen LogP) is 5.17. The van der Waals surface area contributed by atoms with Crippen molar-refractivity contribution in [1.82, 2.24) is 0 Å². The first-order chi connectivity index (χ1) is 9.86. The van der Waals surface area contributed by atoms with Crippen LogP contribution in [0.15, 0.2) is 0 Å². The summed E-state index contributed by atoms with van der Waals surface area (Å²) in [6, 6.07) is 0. The summed E-state index contributed by atoms with van der Waals surface area (Å²) in [5.41, 5.74) is 0. The number of hydrogen-bond donors (Lipinski definition) is 1. The lowest BCUT2D eigenvalue weighted by Gasteiger charge is -2.40. The molecular weight excluding hydrogens is 244 g/mol. The zero-order valence-electron chi connectivity index (χ0n) is 13.2. The molecule has 0 aromatic rings. The van der Waals surface area contributed by atoms with Gasteiger partial charge in [0.2, 0.25) is 0 Å². The molecule has 0 radical (unpaired) electrons. The lowest BCUT2D eigenvalue weighted by Crippen LogP contribution is -2.29. The van der Waals surface area contributed by atoms with Gasteiger partial charge in [0.25, 0.3) is 0 Å². The summed E-state index contributed by atoms with van der Waals surface area (Å²) in [5.74, 6) is 4.85. The molecule has 1 heteroatoms. The maximum absolute atomic E-state index is 9.27. The smallest absolute Gasteiger partial charge is 0.0459 e. The molecule has 3 saturated carbocycles. The Labute approximate surface area is 125 Å². The Bertz CT molecular complexity index is 265. The summed E-state index contributed by atoms with van der Waals surface area (Å²) >= 11 is 0. The fraction of sp³-hybridized carbons (Fsp3) is 1.00. The molecule has 0 aromatic heterocycles. The van der Waals surface area contributed by atoms with Crippen molar-refractivity contribution >= 4 is 0 Å². The summed E-state index contributed by atoms with van der Waals surface area (Å²) < 4.78 is 0. The Balaban J connectivity index is 1.42. The molecule has 0 saturated heterocycles. The van der Waals surface area contributed by atoms with Crippen LogP contribution in [-0.4, -0.2) is 11.7 Å². The van der Waals surface area contributed by atoms with Crippen molar-refractivity contribution in [3.8, 4) is 0 Å². The first kappa shape index (κ1) is 14.9. The minimum absolute atomic E-state index is 0.432. The van der Waals surface area contributed by atoms with Crippen molar-refractivity contribution in [3.63, 3.8) is 0 Å². The molecule has 0 amide bonds. The van der Waals surface area contributed by atoms with Crippen molar-refractivity contribution in [2.45, 2.75) is 83.5 Å². The second kappa shape index (κ2) is 7.29. The SMILES string of the molecule is OCC1CCC(C2CCC(C3CCCCC3)CC2)CC1. The van der Waals surface area contributed by atoms with E-state index >= 15 is 0 Å². The number of aliphatic hydroxyl groups is 1. The van der Waals surface area contributed by atoms with E-state index in [1.54, 1.807) is 0 Å². The topological polar surface area (TPSA) is 20.2 Å². The van der Waals surface area contributed by atoms with Crippen molar-refractivity contribution in [1.29, 1.82) is 0 Å². The Kier molecular flexibility index (Phi) is 5.42. The van der Waals surface area contributed by atoms with Crippen LogP contribution in [0.5, 0.6) is 0 Å². The van der Waals surface area contributed by atoms with Gasteiger partial charge < -0.3 is 5.11 Å². The summed E-state index contributed by atoms with van der Waals surface area (Å²) in [6.45, 7) is 0.432. The van der Waals surface area contributed by atoms with Gasteiger partial charge in [-0.3, -0.25) is 0 Å². The van der Waals surface area contributed by atoms with E-state index in [0.717, 1.165) is 23.7 Å². The van der Waals surface area contributed by atoms with Gasteiger partial charge >= 0.3 is 0 Å². The maximum atomic E-state index is 9.27. The maximum Gasteiger partial charge on any atom is 0.0459 e. The third-order valence-electron chi connectivity index (χ3n) is 6.95. The number of aliphatic hydroxyl groups excluding tert-OH is 1. The zero-order valence-corrected chi connectivity index (χ0v) is 13.2. The van der Waals surface area contributed by atoms with Crippen LogP contribution < -0.4 is 0 Å². The normalized spacial score (nSPS) is 40.6. The lowest BCUT2D eigenvalue weighted by atomic mass is 9.66. The number of rotatable bonds is 3. The van der Waals surface area contributed by atoms with Gasteiger partial charge in [0.1, 0.15) is 0 Å². The summed E-state index contributed by atoms with van der Waals surface area (Å²) in [4.78, 5) is 0. The molecular formula is C19H34O. The van der Waals surface area contributed by atoms with Crippen LogP contribution in [0.1, 0.15) is 83.5 Å². The molecule has 0 bridgehead atoms. The van der Waals surface area contributed by atoms with Gasteiger partial charge in [-0.05, 0) is 81.0 Å². The predicted molar refractivity (Wildman–Crippen MR) is 84.6 cm³/mol. The van der Waals surface area contributed by atoms with Crippen LogP contribution in [0.25, 0.3) is 0 Å². The van der Waals surface area contributed by atoms with Crippen LogP contribution in [-0.2, 0) is 0 Å². The van der Waals surface area contributed by atoms with Gasteiger partial charge in [-0.1, -0.05) is 32.1 Å². The highest BCUT2D eigenvalue weighted by Crippen LogP contribution is 2.45. The lowest BCUT2D eigenvalue weighted by molar-refractivity contribution is 0.0980. The fourth-order valence-corrected chi connectivity index (χ4v) is 5.54. The van der Waals surface area contributed by atoms with E-state index in [-0.39, 0.29) is 0 Å². The molecule has 0 heterocycles. The van der Waals surface area contributed by atoms with Gasteiger partial charge in [0.05, 0.1) is 0 Å². The van der Waals surface area contributed by atoms with E-state index in [1.807, 2.05) is 0 Å². The summed E-state index contributed by atoms with van der Waals surface area (Å²) in [6.07, 6.45) is 19.1. The Morgan fingerprint density at radius 3 is 1.35 bits per heavy atom. The molecule has 3 rings (SSSR count). The Morgan fingerprint density at radius 2 is 0.900 bits per heavy atom. The highest BCUT2D eigenvalue weighted by molar-refractivity contribution is 4.84. The van der Waals surface area contributed by atoms with E-state index in [2.05, 4.69) is 0 Å². The van der Waals surface area contributed by atoms with Crippen LogP contribution in [0.4, 0.5) is 0 Å². The first-order valence-corrected chi connectivity index (χ1v) is 9.47. The number of hydrogen-bond acceptors (Lipinski definition) is 1. The van der Waals surface area contributed by atoms with Crippen LogP contribution in [0, 0.1) is 29.6 Å². The molecule has 1 N–H and O–H groups in total. The van der Waals surface area contributed by atoms with Crippen molar-refractivity contribution in [2.24, 2.45) is 29.6 Å². The van der Waals surface area contributed by atoms with Gasteiger partial charge in [-0.2, -0.15) is 0 Å². The minimum atomic E-state index is 0.432. The average Bonchev–Trinajstić information content (AvgIpc) is 2.56. The molecule has 1 nitrogen and oxygen atoms in total.